The number of hydrogen-bond donors (Lipinski definition) is 8. The van der Waals surface area contributed by atoms with Crippen LogP contribution in [-0.2, 0) is 55.4 Å². The Labute approximate surface area is 426 Å². The molecule has 0 radical (unpaired) electrons. The monoisotopic (exact) mass is 1140 g/mol. The number of azo groups is 2. The zero-order chi connectivity index (χ0) is 54.6. The molecule has 0 fully saturated rings. The van der Waals surface area contributed by atoms with E-state index in [9.17, 15) is 79.5 Å². The van der Waals surface area contributed by atoms with Gasteiger partial charge < -0.3 is 5.11 Å². The van der Waals surface area contributed by atoms with Crippen LogP contribution < -0.4 is 10.9 Å². The third kappa shape index (κ3) is 11.9. The molecule has 386 valence electrons. The Bertz CT molecular complexity index is 4320. The van der Waals surface area contributed by atoms with Crippen LogP contribution in [0.25, 0.3) is 26.9 Å². The Morgan fingerprint density at radius 2 is 1.20 bits per heavy atom. The SMILES string of the molecule is Cc1ccc2nc(-c3ccc(N/N=C4/C=C(N=Nc5cc(S(=O)(=O)O)cc6c5C(=O)/C(=N/Nc5ccc(N=Nc7ccc(S(=O)(=O)O)cc7)c(S(=O)(=O)O)c5)C(S(=O)(=O)O)=C6)C(O)=CC4=O)cc3S(=O)(=O)O)sc2c1. The highest BCUT2D eigenvalue weighted by atomic mass is 32.2. The molecule has 8 rings (SSSR count). The van der Waals surface area contributed by atoms with Crippen molar-refractivity contribution in [3.05, 3.63) is 136 Å². The maximum absolute atomic E-state index is 14.2. The highest BCUT2D eigenvalue weighted by molar-refractivity contribution is 7.91. The van der Waals surface area contributed by atoms with Crippen LogP contribution in [0.1, 0.15) is 21.5 Å². The summed E-state index contributed by atoms with van der Waals surface area (Å²) in [6.45, 7) is 1.86. The number of hydrazone groups is 2. The van der Waals surface area contributed by atoms with Crippen LogP contribution in [0.15, 0.2) is 170 Å². The van der Waals surface area contributed by atoms with Crippen molar-refractivity contribution in [1.82, 2.24) is 4.98 Å². The first-order valence-corrected chi connectivity index (χ1v) is 28.2. The Morgan fingerprint density at radius 1 is 0.573 bits per heavy atom. The van der Waals surface area contributed by atoms with Crippen molar-refractivity contribution in [1.29, 1.82) is 0 Å². The third-order valence-corrected chi connectivity index (χ3v) is 15.7. The fraction of sp³-hybridized carbons (Fsp3) is 0.0238. The molecule has 8 N–H and O–H groups in total. The van der Waals surface area contributed by atoms with Crippen molar-refractivity contribution in [2.75, 3.05) is 10.9 Å². The van der Waals surface area contributed by atoms with Gasteiger partial charge >= 0.3 is 0 Å². The molecule has 1 aromatic heterocycles. The van der Waals surface area contributed by atoms with E-state index in [0.717, 1.165) is 58.8 Å². The van der Waals surface area contributed by atoms with Crippen molar-refractivity contribution < 1.29 is 79.5 Å². The second-order valence-corrected chi connectivity index (χ2v) is 23.5. The number of hydrogen-bond acceptors (Lipinski definition) is 23. The summed E-state index contributed by atoms with van der Waals surface area (Å²) in [5.41, 5.74) is 0.925. The zero-order valence-electron chi connectivity index (χ0n) is 37.1. The fourth-order valence-electron chi connectivity index (χ4n) is 6.82. The molecule has 0 spiro atoms. The Morgan fingerprint density at radius 3 is 1.84 bits per heavy atom. The smallest absolute Gasteiger partial charge is 0.296 e. The van der Waals surface area contributed by atoms with Gasteiger partial charge in [0.25, 0.3) is 50.6 Å². The Balaban J connectivity index is 1.12. The van der Waals surface area contributed by atoms with E-state index < -0.39 is 132 Å². The van der Waals surface area contributed by atoms with E-state index in [1.165, 1.54) is 23.5 Å². The molecule has 0 saturated heterocycles. The molecule has 75 heavy (non-hydrogen) atoms. The van der Waals surface area contributed by atoms with E-state index >= 15 is 0 Å². The fourth-order valence-corrected chi connectivity index (χ4v) is 11.0. The molecule has 2 aliphatic carbocycles. The summed E-state index contributed by atoms with van der Waals surface area (Å²) >= 11 is 1.17. The molecule has 0 atom stereocenters. The molecule has 0 unspecified atom stereocenters. The van der Waals surface area contributed by atoms with Gasteiger partial charge in [0, 0.05) is 17.7 Å². The lowest BCUT2D eigenvalue weighted by Crippen LogP contribution is -2.27. The predicted octanol–water partition coefficient (Wildman–Crippen LogP) is 7.03. The highest BCUT2D eigenvalue weighted by Gasteiger charge is 2.36. The average molecular weight is 1140 g/mol. The van der Waals surface area contributed by atoms with Gasteiger partial charge in [0.1, 0.15) is 42.6 Å². The molecule has 5 aromatic carbocycles. The highest BCUT2D eigenvalue weighted by Crippen LogP contribution is 2.38. The maximum Gasteiger partial charge on any atom is 0.296 e. The van der Waals surface area contributed by atoms with E-state index in [1.54, 1.807) is 6.07 Å². The van der Waals surface area contributed by atoms with Crippen LogP contribution in [-0.4, -0.2) is 97.9 Å². The lowest BCUT2D eigenvalue weighted by molar-refractivity contribution is -0.109. The van der Waals surface area contributed by atoms with Gasteiger partial charge in [-0.1, -0.05) is 6.07 Å². The number of anilines is 2. The average Bonchev–Trinajstić information content (AvgIpc) is 3.74. The van der Waals surface area contributed by atoms with Crippen molar-refractivity contribution in [2.45, 2.75) is 26.5 Å². The standard InChI is InChI=1S/C42H29N9O18S6/c1-20-2-10-28-35(12-20)70-42(43-28)27-9-5-23(15-36(27)73(61,62)63)45-48-30-18-31(34(53)19-33(30)52)49-50-32-17-26(72(58,59)60)13-21-14-38(75(67,68)69)40(41(54)39(21)32)51-46-24-6-11-29(37(16-24)74(64,65)66)47-44-22-3-7-25(8-4-22)71(55,56)57/h2-19,45-46,53H,1H3,(H,55,56,57)(H,58,59,60)(H,61,62,63)(H,64,65,66)(H,67,68,69)/b47-44?,48-30-,50-49?,51-40+. The number of carbonyl (C=O) groups excluding carboxylic acids is 2. The zero-order valence-corrected chi connectivity index (χ0v) is 42.0. The number of fused-ring (bicyclic) bond motifs is 2. The van der Waals surface area contributed by atoms with Crippen LogP contribution in [0.2, 0.25) is 0 Å². The number of nitrogens with zero attached hydrogens (tertiary/aromatic N) is 7. The normalized spacial score (nSPS) is 15.9. The van der Waals surface area contributed by atoms with Crippen LogP contribution in [0.5, 0.6) is 0 Å². The number of aliphatic hydroxyl groups excluding tert-OH is 1. The summed E-state index contributed by atoms with van der Waals surface area (Å²) in [4.78, 5) is 27.4. The quantitative estimate of drug-likeness (QED) is 0.0235. The minimum atomic E-state index is -5.46. The topological polar surface area (TPSA) is 437 Å². The number of Topliss-reactive ketones (excluding diaryl/α,β-unsaturated/α-hetero) is 1. The summed E-state index contributed by atoms with van der Waals surface area (Å²) in [5, 5.41) is 33.8. The van der Waals surface area contributed by atoms with E-state index in [-0.39, 0.29) is 27.6 Å². The van der Waals surface area contributed by atoms with Gasteiger partial charge in [0.2, 0.25) is 11.6 Å². The van der Waals surface area contributed by atoms with Gasteiger partial charge in [-0.2, -0.15) is 57.4 Å². The maximum atomic E-state index is 14.2. The van der Waals surface area contributed by atoms with E-state index in [4.69, 9.17) is 0 Å². The predicted molar refractivity (Wildman–Crippen MR) is 267 cm³/mol. The third-order valence-electron chi connectivity index (χ3n) is 10.3. The minimum absolute atomic E-state index is 0.0401. The number of thiazole rings is 1. The van der Waals surface area contributed by atoms with Crippen molar-refractivity contribution >= 4 is 130 Å². The molecule has 2 aliphatic rings. The van der Waals surface area contributed by atoms with Crippen molar-refractivity contribution in [2.24, 2.45) is 30.7 Å². The first kappa shape index (κ1) is 53.3. The molecule has 0 aliphatic heterocycles. The number of aromatic nitrogens is 1. The first-order valence-electron chi connectivity index (χ1n) is 20.2. The Hall–Kier alpha value is -7.96. The number of benzene rings is 5. The largest absolute Gasteiger partial charge is 0.505 e. The molecular formula is C42H29N9O18S6. The van der Waals surface area contributed by atoms with Gasteiger partial charge in [0.15, 0.2) is 5.71 Å². The second kappa shape index (κ2) is 19.7. The molecule has 33 heteroatoms. The lowest BCUT2D eigenvalue weighted by Gasteiger charge is -2.18. The molecule has 1 heterocycles. The van der Waals surface area contributed by atoms with E-state index in [0.29, 0.717) is 35.9 Å². The Kier molecular flexibility index (Phi) is 14.0. The van der Waals surface area contributed by atoms with E-state index in [2.05, 4.69) is 46.5 Å². The van der Waals surface area contributed by atoms with E-state index in [1.807, 2.05) is 19.1 Å². The molecule has 27 nitrogen and oxygen atoms in total. The second-order valence-electron chi connectivity index (χ2n) is 15.5. The van der Waals surface area contributed by atoms with Crippen LogP contribution in [0.3, 0.4) is 0 Å². The minimum Gasteiger partial charge on any atom is -0.505 e. The number of rotatable bonds is 14. The molecule has 0 bridgehead atoms. The number of nitrogens with one attached hydrogen (secondary N) is 2. The number of allylic oxidation sites excluding steroid dienone is 3. The van der Waals surface area contributed by atoms with Crippen molar-refractivity contribution in [3.8, 4) is 10.6 Å². The summed E-state index contributed by atoms with van der Waals surface area (Å²) in [7, 11) is -25.2. The van der Waals surface area contributed by atoms with Gasteiger partial charge in [-0.15, -0.1) is 26.7 Å². The lowest BCUT2D eigenvalue weighted by atomic mass is 9.93. The molecule has 0 saturated carbocycles. The number of carbonyl (C=O) groups is 2. The van der Waals surface area contributed by atoms with Gasteiger partial charge in [-0.25, -0.2) is 4.98 Å². The van der Waals surface area contributed by atoms with Crippen LogP contribution >= 0.6 is 11.3 Å². The van der Waals surface area contributed by atoms with Gasteiger partial charge in [-0.3, -0.25) is 43.2 Å². The van der Waals surface area contributed by atoms with Crippen LogP contribution in [0, 0.1) is 6.92 Å². The first-order chi connectivity index (χ1) is 34.9. The number of aliphatic hydroxyl groups is 1. The van der Waals surface area contributed by atoms with Crippen molar-refractivity contribution in [3.63, 3.8) is 0 Å². The molecular weight excluding hydrogens is 1110 g/mol. The summed E-state index contributed by atoms with van der Waals surface area (Å²) < 4.78 is 173. The molecule has 6 aromatic rings. The van der Waals surface area contributed by atoms with Gasteiger partial charge in [-0.05, 0) is 109 Å². The summed E-state index contributed by atoms with van der Waals surface area (Å²) in [6.07, 6.45) is 2.03. The van der Waals surface area contributed by atoms with Gasteiger partial charge in [0.05, 0.1) is 48.3 Å². The summed E-state index contributed by atoms with van der Waals surface area (Å²) in [6, 6.07) is 17.2. The number of aryl methyl sites for hydroxylation is 1. The summed E-state index contributed by atoms with van der Waals surface area (Å²) in [5.74, 6) is -3.23. The number of ketones is 2. The van der Waals surface area contributed by atoms with Crippen LogP contribution in [0.4, 0.5) is 28.4 Å². The molecule has 0 amide bonds.